The Morgan fingerprint density at radius 2 is 2.21 bits per heavy atom. The van der Waals surface area contributed by atoms with Crippen molar-refractivity contribution in [3.05, 3.63) is 34.0 Å². The molecule has 7 rings (SSSR count). The number of anilines is 3. The lowest BCUT2D eigenvalue weighted by Crippen LogP contribution is -2.59. The third kappa shape index (κ3) is 4.00. The van der Waals surface area contributed by atoms with Crippen molar-refractivity contribution < 1.29 is 9.13 Å². The number of hydrogen-bond acceptors (Lipinski definition) is 11. The van der Waals surface area contributed by atoms with E-state index >= 15 is 0 Å². The molecule has 3 aliphatic heterocycles. The van der Waals surface area contributed by atoms with Gasteiger partial charge >= 0.3 is 6.01 Å². The SMILES string of the molecule is CN(Cc1ccn[nH]1)c1nc(OC[C@@]23CCCN2C[C@H](F)C3)nc(N2CC3(CCc4sc(N)c(C#N)c43)C2)n1. The molecule has 3 fully saturated rings. The van der Waals surface area contributed by atoms with E-state index in [1.165, 1.54) is 4.88 Å². The van der Waals surface area contributed by atoms with Crippen LogP contribution in [-0.4, -0.2) is 81.6 Å². The van der Waals surface area contributed by atoms with Gasteiger partial charge < -0.3 is 20.3 Å². The van der Waals surface area contributed by atoms with Gasteiger partial charge in [0.05, 0.1) is 23.3 Å². The number of nitrogens with two attached hydrogens (primary N) is 1. The van der Waals surface area contributed by atoms with Crippen LogP contribution in [0.3, 0.4) is 0 Å². The van der Waals surface area contributed by atoms with E-state index in [4.69, 9.17) is 20.4 Å². The molecule has 11 nitrogen and oxygen atoms in total. The third-order valence-electron chi connectivity index (χ3n) is 8.88. The number of rotatable bonds is 7. The summed E-state index contributed by atoms with van der Waals surface area (Å²) >= 11 is 1.54. The molecule has 0 aromatic carbocycles. The summed E-state index contributed by atoms with van der Waals surface area (Å²) in [5, 5.41) is 17.4. The number of nitriles is 1. The van der Waals surface area contributed by atoms with Crippen molar-refractivity contribution in [2.75, 3.05) is 55.4 Å². The van der Waals surface area contributed by atoms with Crippen molar-refractivity contribution in [2.45, 2.75) is 55.8 Å². The maximum atomic E-state index is 14.3. The average Bonchev–Trinajstić information content (AvgIpc) is 3.69. The van der Waals surface area contributed by atoms with Crippen LogP contribution in [0.15, 0.2) is 12.3 Å². The van der Waals surface area contributed by atoms with Gasteiger partial charge in [-0.15, -0.1) is 11.3 Å². The van der Waals surface area contributed by atoms with E-state index in [0.29, 0.717) is 61.7 Å². The zero-order valence-electron chi connectivity index (χ0n) is 21.9. The minimum absolute atomic E-state index is 0.104. The van der Waals surface area contributed by atoms with Crippen LogP contribution < -0.4 is 20.3 Å². The van der Waals surface area contributed by atoms with Crippen molar-refractivity contribution in [1.82, 2.24) is 30.0 Å². The molecular formula is C26H31FN10OS. The molecule has 0 unspecified atom stereocenters. The Morgan fingerprint density at radius 1 is 1.33 bits per heavy atom. The molecule has 0 saturated carbocycles. The normalized spacial score (nSPS) is 24.9. The molecule has 39 heavy (non-hydrogen) atoms. The van der Waals surface area contributed by atoms with Crippen LogP contribution in [0, 0.1) is 11.3 Å². The second-order valence-electron chi connectivity index (χ2n) is 11.4. The number of thiophene rings is 1. The lowest BCUT2D eigenvalue weighted by molar-refractivity contribution is 0.107. The summed E-state index contributed by atoms with van der Waals surface area (Å²) < 4.78 is 20.5. The predicted octanol–water partition coefficient (Wildman–Crippen LogP) is 2.41. The monoisotopic (exact) mass is 550 g/mol. The Balaban J connectivity index is 1.16. The fraction of sp³-hybridized carbons (Fsp3) is 0.577. The molecule has 204 valence electrons. The highest BCUT2D eigenvalue weighted by Gasteiger charge is 2.52. The number of H-pyrrole nitrogens is 1. The number of aromatic amines is 1. The highest BCUT2D eigenvalue weighted by molar-refractivity contribution is 7.16. The van der Waals surface area contributed by atoms with E-state index in [1.54, 1.807) is 17.5 Å². The number of aromatic nitrogens is 5. The first-order valence-corrected chi connectivity index (χ1v) is 14.2. The van der Waals surface area contributed by atoms with Gasteiger partial charge in [0.25, 0.3) is 0 Å². The molecule has 3 N–H and O–H groups in total. The Labute approximate surface area is 229 Å². The van der Waals surface area contributed by atoms with E-state index < -0.39 is 6.17 Å². The predicted molar refractivity (Wildman–Crippen MR) is 145 cm³/mol. The van der Waals surface area contributed by atoms with Crippen LogP contribution >= 0.6 is 11.3 Å². The van der Waals surface area contributed by atoms with Crippen molar-refractivity contribution in [1.29, 1.82) is 5.26 Å². The van der Waals surface area contributed by atoms with E-state index in [2.05, 4.69) is 31.1 Å². The minimum Gasteiger partial charge on any atom is -0.461 e. The van der Waals surface area contributed by atoms with Crippen LogP contribution in [0.25, 0.3) is 0 Å². The molecule has 3 aromatic rings. The number of alkyl halides is 1. The fourth-order valence-electron chi connectivity index (χ4n) is 7.02. The molecule has 0 bridgehead atoms. The Kier molecular flexibility index (Phi) is 5.68. The summed E-state index contributed by atoms with van der Waals surface area (Å²) in [5.74, 6) is 1.04. The first-order chi connectivity index (χ1) is 18.9. The lowest BCUT2D eigenvalue weighted by atomic mass is 9.74. The second kappa shape index (κ2) is 9.02. The van der Waals surface area contributed by atoms with Crippen molar-refractivity contribution in [3.63, 3.8) is 0 Å². The highest BCUT2D eigenvalue weighted by atomic mass is 32.1. The van der Waals surface area contributed by atoms with Gasteiger partial charge in [-0.05, 0) is 43.9 Å². The number of hydrogen-bond donors (Lipinski definition) is 2. The standard InChI is InChI=1S/C26H31FN10OS/c1-35(12-17-4-7-30-34-17)22-31-23(33-24(32-22)38-15-26-5-2-8-37(26)11-16(27)9-26)36-13-25(14-36)6-3-19-20(25)18(10-28)21(29)39-19/h4,7,16H,2-3,5-6,8-9,11-15,29H2,1H3,(H,30,34)/t16-,26+/m1/s1. The van der Waals surface area contributed by atoms with E-state index in [1.807, 2.05) is 18.0 Å². The summed E-state index contributed by atoms with van der Waals surface area (Å²) in [5.41, 5.74) is 8.45. The molecule has 1 aliphatic carbocycles. The summed E-state index contributed by atoms with van der Waals surface area (Å²) in [6, 6.07) is 4.49. The molecule has 3 aromatic heterocycles. The van der Waals surface area contributed by atoms with Gasteiger partial charge in [0.1, 0.15) is 23.8 Å². The van der Waals surface area contributed by atoms with Gasteiger partial charge in [-0.1, -0.05) is 0 Å². The van der Waals surface area contributed by atoms with Gasteiger partial charge in [0.15, 0.2) is 0 Å². The largest absolute Gasteiger partial charge is 0.461 e. The Bertz CT molecular complexity index is 1430. The average molecular weight is 551 g/mol. The third-order valence-corrected chi connectivity index (χ3v) is 9.96. The second-order valence-corrected chi connectivity index (χ2v) is 12.5. The lowest BCUT2D eigenvalue weighted by Gasteiger charge is -2.48. The van der Waals surface area contributed by atoms with Gasteiger partial charge in [0.2, 0.25) is 11.9 Å². The minimum atomic E-state index is -0.822. The molecule has 13 heteroatoms. The summed E-state index contributed by atoms with van der Waals surface area (Å²) in [6.07, 6.45) is 5.27. The molecule has 6 heterocycles. The maximum Gasteiger partial charge on any atom is 0.323 e. The maximum absolute atomic E-state index is 14.3. The summed E-state index contributed by atoms with van der Waals surface area (Å²) in [6.45, 7) is 3.68. The molecular weight excluding hydrogens is 519 g/mol. The van der Waals surface area contributed by atoms with Crippen LogP contribution in [0.2, 0.25) is 0 Å². The number of nitrogen functional groups attached to an aromatic ring is 1. The number of ether oxygens (including phenoxy) is 1. The molecule has 0 amide bonds. The van der Waals surface area contributed by atoms with Crippen molar-refractivity contribution in [3.8, 4) is 12.1 Å². The number of nitrogens with zero attached hydrogens (tertiary/aromatic N) is 8. The molecule has 2 atom stereocenters. The van der Waals surface area contributed by atoms with Crippen LogP contribution in [-0.2, 0) is 18.4 Å². The fourth-order valence-corrected chi connectivity index (χ4v) is 8.16. The molecule has 3 saturated heterocycles. The van der Waals surface area contributed by atoms with E-state index in [0.717, 1.165) is 43.5 Å². The summed E-state index contributed by atoms with van der Waals surface area (Å²) in [7, 11) is 1.92. The van der Waals surface area contributed by atoms with Crippen LogP contribution in [0.5, 0.6) is 6.01 Å². The number of aryl methyl sites for hydroxylation is 1. The van der Waals surface area contributed by atoms with E-state index in [-0.39, 0.29) is 17.0 Å². The van der Waals surface area contributed by atoms with Crippen molar-refractivity contribution in [2.24, 2.45) is 0 Å². The Morgan fingerprint density at radius 3 is 3.00 bits per heavy atom. The van der Waals surface area contributed by atoms with Gasteiger partial charge in [0, 0.05) is 49.6 Å². The zero-order valence-corrected chi connectivity index (χ0v) is 22.7. The van der Waals surface area contributed by atoms with Gasteiger partial charge in [-0.3, -0.25) is 10.00 Å². The molecule has 1 spiro atoms. The smallest absolute Gasteiger partial charge is 0.323 e. The number of nitrogens with one attached hydrogen (secondary N) is 1. The zero-order chi connectivity index (χ0) is 26.8. The molecule has 4 aliphatic rings. The Hall–Kier alpha value is -3.50. The van der Waals surface area contributed by atoms with E-state index in [9.17, 15) is 9.65 Å². The van der Waals surface area contributed by atoms with Crippen LogP contribution in [0.4, 0.5) is 21.3 Å². The van der Waals surface area contributed by atoms with Gasteiger partial charge in [-0.2, -0.15) is 25.3 Å². The van der Waals surface area contributed by atoms with Crippen LogP contribution in [0.1, 0.15) is 47.4 Å². The quantitative estimate of drug-likeness (QED) is 0.451. The first-order valence-electron chi connectivity index (χ1n) is 13.4. The first kappa shape index (κ1) is 24.5. The molecule has 0 radical (unpaired) electrons. The van der Waals surface area contributed by atoms with Gasteiger partial charge in [-0.25, -0.2) is 4.39 Å². The number of halogens is 1. The van der Waals surface area contributed by atoms with Crippen molar-refractivity contribution >= 4 is 28.2 Å². The highest BCUT2D eigenvalue weighted by Crippen LogP contribution is 2.52. The number of fused-ring (bicyclic) bond motifs is 3. The summed E-state index contributed by atoms with van der Waals surface area (Å²) in [4.78, 5) is 21.7. The topological polar surface area (TPSA) is 136 Å².